The summed E-state index contributed by atoms with van der Waals surface area (Å²) in [5, 5.41) is 10.0. The van der Waals surface area contributed by atoms with Crippen molar-refractivity contribution in [3.8, 4) is 0 Å². The summed E-state index contributed by atoms with van der Waals surface area (Å²) in [6.45, 7) is 1.74. The third-order valence-corrected chi connectivity index (χ3v) is 3.55. The first-order chi connectivity index (χ1) is 9.74. The molecule has 20 heavy (non-hydrogen) atoms. The summed E-state index contributed by atoms with van der Waals surface area (Å²) in [5.74, 6) is -0.387. The molecule has 1 aromatic rings. The van der Waals surface area contributed by atoms with Gasteiger partial charge in [-0.3, -0.25) is 9.59 Å². The molecular weight excluding hydrogens is 256 g/mol. The highest BCUT2D eigenvalue weighted by Gasteiger charge is 2.20. The summed E-state index contributed by atoms with van der Waals surface area (Å²) < 4.78 is 0. The Kier molecular flexibility index (Phi) is 3.47. The van der Waals surface area contributed by atoms with Gasteiger partial charge in [-0.05, 0) is 30.2 Å². The van der Waals surface area contributed by atoms with Gasteiger partial charge in [0.2, 0.25) is 5.91 Å². The zero-order chi connectivity index (χ0) is 13.9. The molecule has 0 fully saturated rings. The number of amides is 2. The number of benzene rings is 1. The second-order valence-electron chi connectivity index (χ2n) is 4.92. The summed E-state index contributed by atoms with van der Waals surface area (Å²) >= 11 is 0. The van der Waals surface area contributed by atoms with Crippen LogP contribution in [0.4, 0.5) is 5.69 Å². The molecule has 0 unspecified atom stereocenters. The van der Waals surface area contributed by atoms with Crippen LogP contribution in [0.2, 0.25) is 0 Å². The molecule has 1 aromatic carbocycles. The third kappa shape index (κ3) is 2.55. The lowest BCUT2D eigenvalue weighted by atomic mass is 9.99. The van der Waals surface area contributed by atoms with Crippen molar-refractivity contribution < 1.29 is 9.59 Å². The summed E-state index contributed by atoms with van der Waals surface area (Å²) in [6.07, 6.45) is 1.59. The standard InChI is InChI=1S/C14H16N4O2/c19-13-5-4-12(17-18-13)14(20)16-11-3-1-2-9-8-15-7-6-10(9)11/h1-3,15H,4-8H2,(H,16,20)(H,18,19). The Labute approximate surface area is 116 Å². The van der Waals surface area contributed by atoms with Crippen molar-refractivity contribution in [2.75, 3.05) is 11.9 Å². The van der Waals surface area contributed by atoms with Crippen LogP contribution in [0.1, 0.15) is 24.0 Å². The molecule has 3 rings (SSSR count). The van der Waals surface area contributed by atoms with Crippen LogP contribution >= 0.6 is 0 Å². The van der Waals surface area contributed by atoms with Crippen molar-refractivity contribution in [2.45, 2.75) is 25.8 Å². The predicted octanol–water partition coefficient (Wildman–Crippen LogP) is 0.537. The zero-order valence-electron chi connectivity index (χ0n) is 11.0. The van der Waals surface area contributed by atoms with E-state index in [0.29, 0.717) is 18.6 Å². The number of nitrogens with one attached hydrogen (secondary N) is 3. The molecule has 0 spiro atoms. The summed E-state index contributed by atoms with van der Waals surface area (Å²) in [6, 6.07) is 5.91. The largest absolute Gasteiger partial charge is 0.321 e. The van der Waals surface area contributed by atoms with E-state index < -0.39 is 0 Å². The van der Waals surface area contributed by atoms with Gasteiger partial charge in [0.25, 0.3) is 5.91 Å². The van der Waals surface area contributed by atoms with Gasteiger partial charge in [0, 0.05) is 25.1 Å². The van der Waals surface area contributed by atoms with Gasteiger partial charge in [-0.2, -0.15) is 5.10 Å². The highest BCUT2D eigenvalue weighted by molar-refractivity contribution is 6.43. The molecule has 0 aromatic heterocycles. The quantitative estimate of drug-likeness (QED) is 0.734. The van der Waals surface area contributed by atoms with E-state index in [4.69, 9.17) is 0 Å². The van der Waals surface area contributed by atoms with Crippen LogP contribution in [-0.2, 0) is 22.6 Å². The van der Waals surface area contributed by atoms with Crippen molar-refractivity contribution in [3.63, 3.8) is 0 Å². The molecule has 3 N–H and O–H groups in total. The lowest BCUT2D eigenvalue weighted by Crippen LogP contribution is -2.33. The molecule has 0 aliphatic carbocycles. The number of hydrazone groups is 1. The first-order valence-electron chi connectivity index (χ1n) is 6.72. The Balaban J connectivity index is 1.78. The van der Waals surface area contributed by atoms with Gasteiger partial charge in [0.05, 0.1) is 0 Å². The number of fused-ring (bicyclic) bond motifs is 1. The maximum Gasteiger partial charge on any atom is 0.271 e. The predicted molar refractivity (Wildman–Crippen MR) is 75.3 cm³/mol. The van der Waals surface area contributed by atoms with E-state index in [1.54, 1.807) is 0 Å². The van der Waals surface area contributed by atoms with Crippen LogP contribution in [0.15, 0.2) is 23.3 Å². The number of anilines is 1. The van der Waals surface area contributed by atoms with E-state index in [9.17, 15) is 9.59 Å². The molecule has 2 aliphatic heterocycles. The minimum atomic E-state index is -0.239. The van der Waals surface area contributed by atoms with E-state index in [-0.39, 0.29) is 11.8 Å². The molecule has 0 saturated heterocycles. The normalized spacial score (nSPS) is 17.8. The number of carbonyl (C=O) groups is 2. The Morgan fingerprint density at radius 2 is 2.15 bits per heavy atom. The first kappa shape index (κ1) is 12.8. The van der Waals surface area contributed by atoms with Crippen molar-refractivity contribution in [1.82, 2.24) is 10.7 Å². The Morgan fingerprint density at radius 1 is 1.25 bits per heavy atom. The average molecular weight is 272 g/mol. The fourth-order valence-electron chi connectivity index (χ4n) is 2.48. The van der Waals surface area contributed by atoms with Crippen molar-refractivity contribution >= 4 is 23.2 Å². The number of hydrogen-bond donors (Lipinski definition) is 3. The van der Waals surface area contributed by atoms with Crippen LogP contribution in [-0.4, -0.2) is 24.1 Å². The molecule has 0 atom stereocenters. The van der Waals surface area contributed by atoms with Gasteiger partial charge >= 0.3 is 0 Å². The molecule has 6 heteroatoms. The highest BCUT2D eigenvalue weighted by Crippen LogP contribution is 2.23. The Morgan fingerprint density at radius 3 is 2.95 bits per heavy atom. The van der Waals surface area contributed by atoms with Gasteiger partial charge in [-0.1, -0.05) is 12.1 Å². The molecule has 6 nitrogen and oxygen atoms in total. The minimum Gasteiger partial charge on any atom is -0.321 e. The van der Waals surface area contributed by atoms with Gasteiger partial charge in [0.15, 0.2) is 0 Å². The smallest absolute Gasteiger partial charge is 0.271 e. The molecular formula is C14H16N4O2. The van der Waals surface area contributed by atoms with Crippen molar-refractivity contribution in [3.05, 3.63) is 29.3 Å². The topological polar surface area (TPSA) is 82.6 Å². The summed E-state index contributed by atoms with van der Waals surface area (Å²) in [7, 11) is 0. The van der Waals surface area contributed by atoms with Gasteiger partial charge in [-0.25, -0.2) is 5.43 Å². The number of hydrogen-bond acceptors (Lipinski definition) is 4. The highest BCUT2D eigenvalue weighted by atomic mass is 16.2. The molecule has 2 aliphatic rings. The fourth-order valence-corrected chi connectivity index (χ4v) is 2.48. The maximum atomic E-state index is 12.2. The zero-order valence-corrected chi connectivity index (χ0v) is 11.0. The lowest BCUT2D eigenvalue weighted by molar-refractivity contribution is -0.121. The summed E-state index contributed by atoms with van der Waals surface area (Å²) in [4.78, 5) is 23.2. The van der Waals surface area contributed by atoms with E-state index in [1.807, 2.05) is 12.1 Å². The van der Waals surface area contributed by atoms with Crippen molar-refractivity contribution in [2.24, 2.45) is 5.10 Å². The minimum absolute atomic E-state index is 0.148. The van der Waals surface area contributed by atoms with Gasteiger partial charge < -0.3 is 10.6 Å². The van der Waals surface area contributed by atoms with E-state index in [2.05, 4.69) is 27.2 Å². The second-order valence-corrected chi connectivity index (χ2v) is 4.92. The average Bonchev–Trinajstić information content (AvgIpc) is 2.48. The maximum absolute atomic E-state index is 12.2. The first-order valence-corrected chi connectivity index (χ1v) is 6.72. The number of nitrogens with zero attached hydrogens (tertiary/aromatic N) is 1. The Bertz CT molecular complexity index is 595. The monoisotopic (exact) mass is 272 g/mol. The van der Waals surface area contributed by atoms with Crippen LogP contribution in [0, 0.1) is 0 Å². The third-order valence-electron chi connectivity index (χ3n) is 3.55. The fraction of sp³-hybridized carbons (Fsp3) is 0.357. The van der Waals surface area contributed by atoms with Crippen LogP contribution in [0.25, 0.3) is 0 Å². The molecule has 2 amide bonds. The molecule has 0 radical (unpaired) electrons. The number of carbonyl (C=O) groups excluding carboxylic acids is 2. The van der Waals surface area contributed by atoms with Crippen molar-refractivity contribution in [1.29, 1.82) is 0 Å². The van der Waals surface area contributed by atoms with Gasteiger partial charge in [0.1, 0.15) is 5.71 Å². The van der Waals surface area contributed by atoms with Crippen LogP contribution in [0.5, 0.6) is 0 Å². The molecule has 2 heterocycles. The Hall–Kier alpha value is -2.21. The molecule has 0 saturated carbocycles. The molecule has 0 bridgehead atoms. The number of rotatable bonds is 2. The lowest BCUT2D eigenvalue weighted by Gasteiger charge is -2.21. The van der Waals surface area contributed by atoms with E-state index >= 15 is 0 Å². The summed E-state index contributed by atoms with van der Waals surface area (Å²) in [5.41, 5.74) is 5.95. The van der Waals surface area contributed by atoms with E-state index in [0.717, 1.165) is 25.2 Å². The van der Waals surface area contributed by atoms with Crippen LogP contribution < -0.4 is 16.1 Å². The SMILES string of the molecule is O=C1CCC(C(=O)Nc2cccc3c2CCNC3)=NN1. The molecule has 104 valence electrons. The van der Waals surface area contributed by atoms with E-state index in [1.165, 1.54) is 11.1 Å². The van der Waals surface area contributed by atoms with Crippen LogP contribution in [0.3, 0.4) is 0 Å². The second kappa shape index (κ2) is 5.42. The van der Waals surface area contributed by atoms with Gasteiger partial charge in [-0.15, -0.1) is 0 Å².